The summed E-state index contributed by atoms with van der Waals surface area (Å²) in [5.41, 5.74) is 6.57. The molecule has 24 heavy (non-hydrogen) atoms. The molecule has 3 rings (SSSR count). The third-order valence-corrected chi connectivity index (χ3v) is 5.17. The Morgan fingerprint density at radius 1 is 0.583 bits per heavy atom. The fourth-order valence-corrected chi connectivity index (χ4v) is 3.59. The molecule has 0 heteroatoms. The zero-order valence-electron chi connectivity index (χ0n) is 16.9. The third-order valence-electron chi connectivity index (χ3n) is 5.17. The van der Waals surface area contributed by atoms with Crippen molar-refractivity contribution in [2.75, 3.05) is 0 Å². The van der Waals surface area contributed by atoms with Gasteiger partial charge < -0.3 is 0 Å². The molecule has 0 fully saturated rings. The maximum Gasteiger partial charge on any atom is -0.0159 e. The van der Waals surface area contributed by atoms with E-state index in [4.69, 9.17) is 0 Å². The lowest BCUT2D eigenvalue weighted by atomic mass is 9.92. The van der Waals surface area contributed by atoms with Crippen LogP contribution < -0.4 is 0 Å². The van der Waals surface area contributed by atoms with E-state index in [1.165, 1.54) is 12.8 Å². The monoisotopic (exact) mass is 336 g/mol. The Bertz CT molecular complexity index is 393. The maximum absolute atomic E-state index is 2.53. The van der Waals surface area contributed by atoms with Crippen molar-refractivity contribution in [1.82, 2.24) is 0 Å². The van der Waals surface area contributed by atoms with E-state index in [1.54, 1.807) is 22.3 Å². The molecule has 144 valence electrons. The smallest absolute Gasteiger partial charge is 0.0159 e. The van der Waals surface area contributed by atoms with Crippen molar-refractivity contribution >= 4 is 0 Å². The number of hydrogen-bond donors (Lipinski definition) is 0. The van der Waals surface area contributed by atoms with Crippen molar-refractivity contribution in [3.63, 3.8) is 0 Å². The van der Waals surface area contributed by atoms with Crippen LogP contribution in [0.5, 0.6) is 0 Å². The Morgan fingerprint density at radius 3 is 1.17 bits per heavy atom. The zero-order valence-corrected chi connectivity index (χ0v) is 16.9. The summed E-state index contributed by atoms with van der Waals surface area (Å²) in [5, 5.41) is 0. The summed E-state index contributed by atoms with van der Waals surface area (Å²) in [4.78, 5) is 0. The van der Waals surface area contributed by atoms with Crippen molar-refractivity contribution in [1.29, 1.82) is 0 Å². The predicted octanol–water partition coefficient (Wildman–Crippen LogP) is 8.63. The van der Waals surface area contributed by atoms with Gasteiger partial charge in [-0.25, -0.2) is 0 Å². The molecule has 0 unspecified atom stereocenters. The molecule has 1 aromatic carbocycles. The van der Waals surface area contributed by atoms with E-state index in [1.807, 2.05) is 41.5 Å². The SMILES string of the molecule is C.C.CC.CC.CC.C[C@@H]1Cc2cc3c(cc2[C@@H]1C)[C@@H](C)[C@@H](C)C3. The first kappa shape index (κ1) is 28.0. The van der Waals surface area contributed by atoms with Gasteiger partial charge >= 0.3 is 0 Å². The minimum Gasteiger partial charge on any atom is -0.0776 e. The second kappa shape index (κ2) is 13.5. The lowest BCUT2D eigenvalue weighted by Crippen LogP contribution is -2.00. The van der Waals surface area contributed by atoms with E-state index in [-0.39, 0.29) is 14.9 Å². The van der Waals surface area contributed by atoms with Crippen molar-refractivity contribution in [2.24, 2.45) is 11.8 Å². The van der Waals surface area contributed by atoms with Gasteiger partial charge in [0.25, 0.3) is 0 Å². The molecule has 4 atom stereocenters. The van der Waals surface area contributed by atoms with Crippen LogP contribution in [0.25, 0.3) is 0 Å². The van der Waals surface area contributed by atoms with E-state index in [2.05, 4.69) is 39.8 Å². The van der Waals surface area contributed by atoms with E-state index in [9.17, 15) is 0 Å². The zero-order chi connectivity index (χ0) is 17.4. The van der Waals surface area contributed by atoms with Gasteiger partial charge in [0.1, 0.15) is 0 Å². The molecule has 0 saturated heterocycles. The molecule has 0 saturated carbocycles. The van der Waals surface area contributed by atoms with Gasteiger partial charge in [-0.1, -0.05) is 96.2 Å². The fourth-order valence-electron chi connectivity index (χ4n) is 3.59. The van der Waals surface area contributed by atoms with E-state index < -0.39 is 0 Å². The average Bonchev–Trinajstić information content (AvgIpc) is 3.00. The summed E-state index contributed by atoms with van der Waals surface area (Å²) in [6.07, 6.45) is 2.60. The maximum atomic E-state index is 2.53. The first-order valence-electron chi connectivity index (χ1n) is 9.73. The summed E-state index contributed by atoms with van der Waals surface area (Å²) >= 11 is 0. The molecule has 0 spiro atoms. The van der Waals surface area contributed by atoms with Crippen molar-refractivity contribution in [3.05, 3.63) is 34.4 Å². The first-order chi connectivity index (χ1) is 10.6. The highest BCUT2D eigenvalue weighted by Gasteiger charge is 2.31. The quantitative estimate of drug-likeness (QED) is 0.444. The molecule has 0 heterocycles. The highest BCUT2D eigenvalue weighted by Crippen LogP contribution is 2.44. The molecule has 0 radical (unpaired) electrons. The number of rotatable bonds is 0. The molecule has 2 aliphatic rings. The molecule has 2 aliphatic carbocycles. The second-order valence-electron chi connectivity index (χ2n) is 6.19. The van der Waals surface area contributed by atoms with Crippen molar-refractivity contribution < 1.29 is 0 Å². The van der Waals surface area contributed by atoms with E-state index in [0.29, 0.717) is 0 Å². The minimum atomic E-state index is 0. The summed E-state index contributed by atoms with van der Waals surface area (Å²) in [5.74, 6) is 3.21. The van der Waals surface area contributed by atoms with Gasteiger partial charge in [0.05, 0.1) is 0 Å². The molecule has 0 aromatic heterocycles. The van der Waals surface area contributed by atoms with Crippen LogP contribution in [0, 0.1) is 11.8 Å². The predicted molar refractivity (Wildman–Crippen MR) is 117 cm³/mol. The van der Waals surface area contributed by atoms with Crippen LogP contribution in [0.1, 0.15) is 118 Å². The normalized spacial score (nSPS) is 24.9. The van der Waals surface area contributed by atoms with Crippen LogP contribution in [0.15, 0.2) is 12.1 Å². The number of fused-ring (bicyclic) bond motifs is 2. The summed E-state index contributed by atoms with van der Waals surface area (Å²) in [6.45, 7) is 21.6. The Kier molecular flexibility index (Phi) is 15.8. The molecule has 1 aromatic rings. The van der Waals surface area contributed by atoms with Crippen LogP contribution in [0.2, 0.25) is 0 Å². The van der Waals surface area contributed by atoms with Gasteiger partial charge in [-0.05, 0) is 58.8 Å². The first-order valence-corrected chi connectivity index (χ1v) is 9.73. The lowest BCUT2D eigenvalue weighted by molar-refractivity contribution is 0.524. The molecular weight excluding hydrogens is 288 g/mol. The minimum absolute atomic E-state index is 0. The lowest BCUT2D eigenvalue weighted by Gasteiger charge is -2.13. The third kappa shape index (κ3) is 5.64. The molecule has 0 bridgehead atoms. The summed E-state index contributed by atoms with van der Waals surface area (Å²) in [6, 6.07) is 5.05. The highest BCUT2D eigenvalue weighted by molar-refractivity contribution is 5.47. The Morgan fingerprint density at radius 2 is 0.875 bits per heavy atom. The summed E-state index contributed by atoms with van der Waals surface area (Å²) < 4.78 is 0. The van der Waals surface area contributed by atoms with Gasteiger partial charge in [0.15, 0.2) is 0 Å². The van der Waals surface area contributed by atoms with Gasteiger partial charge in [-0.3, -0.25) is 0 Å². The molecule has 0 aliphatic heterocycles. The second-order valence-corrected chi connectivity index (χ2v) is 6.19. The largest absolute Gasteiger partial charge is 0.0776 e. The number of hydrogen-bond acceptors (Lipinski definition) is 0. The van der Waals surface area contributed by atoms with Crippen LogP contribution in [-0.4, -0.2) is 0 Å². The Balaban J connectivity index is -0.000000501. The molecule has 0 nitrogen and oxygen atoms in total. The standard InChI is InChI=1S/C16H22.3C2H6.2CH4/c1-9-5-13-7-14-6-10(2)12(4)16(14)8-15(13)11(9)3;3*1-2;;/h7-12H,5-6H2,1-4H3;3*1-2H3;2*1H4/t9-,10+,11-,12+;;;;;. The fraction of sp³-hybridized carbons (Fsp3) is 0.750. The van der Waals surface area contributed by atoms with E-state index >= 15 is 0 Å². The van der Waals surface area contributed by atoms with E-state index in [0.717, 1.165) is 23.7 Å². The average molecular weight is 337 g/mol. The van der Waals surface area contributed by atoms with Crippen molar-refractivity contribution in [3.8, 4) is 0 Å². The van der Waals surface area contributed by atoms with Crippen LogP contribution in [0.4, 0.5) is 0 Å². The van der Waals surface area contributed by atoms with Crippen LogP contribution in [0.3, 0.4) is 0 Å². The van der Waals surface area contributed by atoms with Gasteiger partial charge in [-0.2, -0.15) is 0 Å². The molecule has 0 N–H and O–H groups in total. The Labute approximate surface area is 155 Å². The Hall–Kier alpha value is -0.780. The topological polar surface area (TPSA) is 0 Å². The molecular formula is C24H48. The van der Waals surface area contributed by atoms with Crippen molar-refractivity contribution in [2.45, 2.75) is 109 Å². The van der Waals surface area contributed by atoms with Crippen LogP contribution >= 0.6 is 0 Å². The highest BCUT2D eigenvalue weighted by atomic mass is 14.4. The van der Waals surface area contributed by atoms with Gasteiger partial charge in [0, 0.05) is 0 Å². The number of benzene rings is 1. The summed E-state index contributed by atoms with van der Waals surface area (Å²) in [7, 11) is 0. The van der Waals surface area contributed by atoms with Gasteiger partial charge in [0.2, 0.25) is 0 Å². The van der Waals surface area contributed by atoms with Gasteiger partial charge in [-0.15, -0.1) is 0 Å². The molecule has 0 amide bonds. The van der Waals surface area contributed by atoms with Crippen LogP contribution in [-0.2, 0) is 12.8 Å².